The molecule has 1 nitrogen and oxygen atoms in total. The predicted molar refractivity (Wildman–Crippen MR) is 56.8 cm³/mol. The van der Waals surface area contributed by atoms with Gasteiger partial charge in [-0.3, -0.25) is 0 Å². The third-order valence-corrected chi connectivity index (χ3v) is 2.18. The molecule has 1 rings (SSSR count). The number of hydrogen-bond acceptors (Lipinski definition) is 1. The van der Waals surface area contributed by atoms with E-state index in [1.165, 1.54) is 5.56 Å². The summed E-state index contributed by atoms with van der Waals surface area (Å²) in [6.07, 6.45) is 0. The molecule has 0 saturated carbocycles. The van der Waals surface area contributed by atoms with Crippen molar-refractivity contribution in [1.82, 2.24) is 0 Å². The Morgan fingerprint density at radius 2 is 1.92 bits per heavy atom. The van der Waals surface area contributed by atoms with Crippen LogP contribution in [0.2, 0.25) is 0 Å². The zero-order valence-corrected chi connectivity index (χ0v) is 8.53. The number of hydrogen-bond donors (Lipinski definition) is 1. The summed E-state index contributed by atoms with van der Waals surface area (Å²) in [5, 5.41) is -0.0902. The second-order valence-corrected chi connectivity index (χ2v) is 4.59. The van der Waals surface area contributed by atoms with E-state index in [-0.39, 0.29) is 5.16 Å². The number of benzene rings is 1. The van der Waals surface area contributed by atoms with Crippen molar-refractivity contribution in [3.63, 3.8) is 0 Å². The van der Waals surface area contributed by atoms with Gasteiger partial charge in [-0.1, -0.05) is 31.2 Å². The first-order valence-electron chi connectivity index (χ1n) is 3.98. The summed E-state index contributed by atoms with van der Waals surface area (Å²) in [5.41, 5.74) is 7.86. The molecule has 0 aliphatic carbocycles. The van der Waals surface area contributed by atoms with Crippen molar-refractivity contribution < 1.29 is 0 Å². The van der Waals surface area contributed by atoms with Crippen LogP contribution in [0.15, 0.2) is 24.3 Å². The first-order chi connectivity index (χ1) is 5.54. The van der Waals surface area contributed by atoms with Crippen LogP contribution in [0, 0.1) is 6.92 Å². The molecule has 0 aliphatic rings. The van der Waals surface area contributed by atoms with E-state index in [0.29, 0.717) is 6.54 Å². The number of rotatable bonds is 2. The Morgan fingerprint density at radius 1 is 1.42 bits per heavy atom. The predicted octanol–water partition coefficient (Wildman–Crippen LogP) is 2.07. The third kappa shape index (κ3) is 2.30. The lowest BCUT2D eigenvalue weighted by atomic mass is 10.0. The summed E-state index contributed by atoms with van der Waals surface area (Å²) < 4.78 is 0. The Bertz CT molecular complexity index is 246. The SMILES string of the molecule is [CH2]C(C)(P)c1ccc(CN)cc1. The highest BCUT2D eigenvalue weighted by Gasteiger charge is 2.12. The fourth-order valence-corrected chi connectivity index (χ4v) is 1.21. The molecule has 1 radical (unpaired) electrons. The van der Waals surface area contributed by atoms with Gasteiger partial charge in [0.05, 0.1) is 0 Å². The molecule has 0 aliphatic heterocycles. The lowest BCUT2D eigenvalue weighted by Crippen LogP contribution is -2.07. The minimum Gasteiger partial charge on any atom is -0.326 e. The van der Waals surface area contributed by atoms with Gasteiger partial charge in [0.1, 0.15) is 0 Å². The van der Waals surface area contributed by atoms with Gasteiger partial charge in [0.25, 0.3) is 0 Å². The van der Waals surface area contributed by atoms with Crippen LogP contribution in [0.5, 0.6) is 0 Å². The molecule has 0 saturated heterocycles. The highest BCUT2D eigenvalue weighted by atomic mass is 31.0. The molecule has 12 heavy (non-hydrogen) atoms. The van der Waals surface area contributed by atoms with Crippen LogP contribution in [0.4, 0.5) is 0 Å². The fraction of sp³-hybridized carbons (Fsp3) is 0.300. The molecule has 0 aromatic heterocycles. The van der Waals surface area contributed by atoms with Gasteiger partial charge in [0, 0.05) is 11.7 Å². The van der Waals surface area contributed by atoms with Crippen LogP contribution in [0.1, 0.15) is 18.1 Å². The van der Waals surface area contributed by atoms with Gasteiger partial charge < -0.3 is 5.73 Å². The summed E-state index contributed by atoms with van der Waals surface area (Å²) >= 11 is 0. The zero-order chi connectivity index (χ0) is 9.19. The normalized spacial score (nSPS) is 11.7. The van der Waals surface area contributed by atoms with Gasteiger partial charge in [0.2, 0.25) is 0 Å². The molecule has 2 atom stereocenters. The largest absolute Gasteiger partial charge is 0.326 e. The Labute approximate surface area is 76.6 Å². The van der Waals surface area contributed by atoms with Crippen molar-refractivity contribution in [2.75, 3.05) is 0 Å². The van der Waals surface area contributed by atoms with Crippen LogP contribution in [-0.4, -0.2) is 0 Å². The van der Waals surface area contributed by atoms with E-state index in [2.05, 4.69) is 35.2 Å². The van der Waals surface area contributed by atoms with Gasteiger partial charge in [-0.25, -0.2) is 0 Å². The standard InChI is InChI=1S/C10H15NP/c1-10(2,12)9-5-3-8(7-11)4-6-9/h3-6H,1,7,11-12H2,2H3. The summed E-state index contributed by atoms with van der Waals surface area (Å²) in [5.74, 6) is 0. The molecule has 0 heterocycles. The molecule has 1 aromatic rings. The summed E-state index contributed by atoms with van der Waals surface area (Å²) in [6.45, 7) is 6.69. The third-order valence-electron chi connectivity index (χ3n) is 1.85. The highest BCUT2D eigenvalue weighted by molar-refractivity contribution is 7.18. The van der Waals surface area contributed by atoms with Crippen LogP contribution in [0.3, 0.4) is 0 Å². The van der Waals surface area contributed by atoms with Gasteiger partial charge >= 0.3 is 0 Å². The van der Waals surface area contributed by atoms with Gasteiger partial charge in [-0.05, 0) is 18.1 Å². The quantitative estimate of drug-likeness (QED) is 0.693. The second kappa shape index (κ2) is 3.55. The van der Waals surface area contributed by atoms with Crippen LogP contribution in [0.25, 0.3) is 0 Å². The summed E-state index contributed by atoms with van der Waals surface area (Å²) in [7, 11) is 2.72. The van der Waals surface area contributed by atoms with Crippen LogP contribution in [-0.2, 0) is 11.7 Å². The molecule has 1 aromatic carbocycles. The maximum Gasteiger partial charge on any atom is 0.0178 e. The second-order valence-electron chi connectivity index (χ2n) is 3.32. The molecule has 0 spiro atoms. The highest BCUT2D eigenvalue weighted by Crippen LogP contribution is 2.29. The van der Waals surface area contributed by atoms with E-state index >= 15 is 0 Å². The van der Waals surface area contributed by atoms with Gasteiger partial charge in [-0.15, -0.1) is 9.24 Å². The molecule has 0 bridgehead atoms. The summed E-state index contributed by atoms with van der Waals surface area (Å²) in [4.78, 5) is 0. The molecular formula is C10H15NP. The Balaban J connectivity index is 2.93. The fourth-order valence-electron chi connectivity index (χ4n) is 1.02. The first kappa shape index (κ1) is 9.70. The summed E-state index contributed by atoms with van der Waals surface area (Å²) in [6, 6.07) is 8.23. The topological polar surface area (TPSA) is 26.0 Å². The Hall–Kier alpha value is -0.390. The molecule has 2 heteroatoms. The van der Waals surface area contributed by atoms with Crippen molar-refractivity contribution in [3.8, 4) is 0 Å². The average molecular weight is 180 g/mol. The number of nitrogens with two attached hydrogens (primary N) is 1. The van der Waals surface area contributed by atoms with E-state index in [0.717, 1.165) is 5.56 Å². The van der Waals surface area contributed by atoms with Crippen molar-refractivity contribution in [2.45, 2.75) is 18.6 Å². The monoisotopic (exact) mass is 180 g/mol. The van der Waals surface area contributed by atoms with Crippen LogP contribution >= 0.6 is 9.24 Å². The molecular weight excluding hydrogens is 165 g/mol. The molecule has 2 N–H and O–H groups in total. The van der Waals surface area contributed by atoms with Gasteiger partial charge in [-0.2, -0.15) is 0 Å². The van der Waals surface area contributed by atoms with Crippen molar-refractivity contribution >= 4 is 9.24 Å². The minimum atomic E-state index is -0.0902. The van der Waals surface area contributed by atoms with Crippen LogP contribution < -0.4 is 5.73 Å². The van der Waals surface area contributed by atoms with E-state index in [1.807, 2.05) is 12.1 Å². The van der Waals surface area contributed by atoms with E-state index < -0.39 is 0 Å². The average Bonchev–Trinajstić information content (AvgIpc) is 2.03. The molecule has 2 unspecified atom stereocenters. The lowest BCUT2D eigenvalue weighted by Gasteiger charge is -2.18. The van der Waals surface area contributed by atoms with E-state index in [1.54, 1.807) is 0 Å². The van der Waals surface area contributed by atoms with Gasteiger partial charge in [0.15, 0.2) is 0 Å². The molecule has 65 valence electrons. The maximum atomic E-state index is 5.49. The Kier molecular flexibility index (Phi) is 2.87. The first-order valence-corrected chi connectivity index (χ1v) is 4.55. The van der Waals surface area contributed by atoms with E-state index in [4.69, 9.17) is 5.73 Å². The molecule has 0 fully saturated rings. The minimum absolute atomic E-state index is 0.0902. The van der Waals surface area contributed by atoms with Crippen molar-refractivity contribution in [2.24, 2.45) is 5.73 Å². The smallest absolute Gasteiger partial charge is 0.0178 e. The lowest BCUT2D eigenvalue weighted by molar-refractivity contribution is 0.874. The zero-order valence-electron chi connectivity index (χ0n) is 7.38. The van der Waals surface area contributed by atoms with E-state index in [9.17, 15) is 0 Å². The Morgan fingerprint density at radius 3 is 2.25 bits per heavy atom. The van der Waals surface area contributed by atoms with Crippen molar-refractivity contribution in [3.05, 3.63) is 42.3 Å². The van der Waals surface area contributed by atoms with Crippen molar-refractivity contribution in [1.29, 1.82) is 0 Å². The maximum absolute atomic E-state index is 5.49. The molecule has 0 amide bonds.